The first-order valence-corrected chi connectivity index (χ1v) is 13.1. The molecule has 0 saturated carbocycles. The summed E-state index contributed by atoms with van der Waals surface area (Å²) in [6, 6.07) is 4.99. The number of nitrogens with two attached hydrogens (primary N) is 4. The summed E-state index contributed by atoms with van der Waals surface area (Å²) >= 11 is 0. The second-order valence-corrected chi connectivity index (χ2v) is 9.72. The van der Waals surface area contributed by atoms with Crippen molar-refractivity contribution in [3.8, 4) is 0 Å². The van der Waals surface area contributed by atoms with Gasteiger partial charge in [-0.25, -0.2) is 4.79 Å². The minimum absolute atomic E-state index is 0.0549. The summed E-state index contributed by atoms with van der Waals surface area (Å²) in [6.45, 7) is 4.06. The standard InChI is InChI=1S/C26H44N8O5/c1-16(2)21(25(38)39)34-23(36)19(12-6-7-13-27)32-24(37)20(15-17-9-4-3-5-10-17)33-22(35)18(28)11-8-14-31-26(29)30/h3-5,9-10,16,18-21H,6-8,11-15,27-28H2,1-2H3,(H,32,37)(H,33,35)(H,34,36)(H,38,39)(H4,29,30,31). The molecule has 4 unspecified atom stereocenters. The maximum Gasteiger partial charge on any atom is 0.326 e. The Hall–Kier alpha value is -3.71. The molecule has 0 aromatic heterocycles. The number of carboxylic acids is 1. The summed E-state index contributed by atoms with van der Waals surface area (Å²) in [4.78, 5) is 54.8. The first kappa shape index (κ1) is 33.3. The van der Waals surface area contributed by atoms with E-state index in [-0.39, 0.29) is 31.1 Å². The van der Waals surface area contributed by atoms with E-state index >= 15 is 0 Å². The average Bonchev–Trinajstić information content (AvgIpc) is 2.88. The van der Waals surface area contributed by atoms with Crippen LogP contribution in [0.15, 0.2) is 35.3 Å². The molecule has 4 atom stereocenters. The summed E-state index contributed by atoms with van der Waals surface area (Å²) in [7, 11) is 0. The zero-order valence-corrected chi connectivity index (χ0v) is 22.8. The number of aliphatic carboxylic acids is 1. The van der Waals surface area contributed by atoms with Crippen LogP contribution >= 0.6 is 0 Å². The first-order chi connectivity index (χ1) is 18.5. The third-order valence-corrected chi connectivity index (χ3v) is 6.03. The molecule has 13 nitrogen and oxygen atoms in total. The van der Waals surface area contributed by atoms with Crippen LogP contribution in [0.2, 0.25) is 0 Å². The number of guanidine groups is 1. The highest BCUT2D eigenvalue weighted by Crippen LogP contribution is 2.09. The number of benzene rings is 1. The van der Waals surface area contributed by atoms with E-state index in [1.165, 1.54) is 0 Å². The summed E-state index contributed by atoms with van der Waals surface area (Å²) in [6.07, 6.45) is 2.30. The van der Waals surface area contributed by atoms with E-state index in [1.807, 2.05) is 30.3 Å². The van der Waals surface area contributed by atoms with Crippen molar-refractivity contribution in [2.45, 2.75) is 76.5 Å². The quantitative estimate of drug-likeness (QED) is 0.0632. The van der Waals surface area contributed by atoms with E-state index in [1.54, 1.807) is 13.8 Å². The third-order valence-electron chi connectivity index (χ3n) is 6.03. The Morgan fingerprint density at radius 2 is 1.49 bits per heavy atom. The van der Waals surface area contributed by atoms with Crippen molar-refractivity contribution >= 4 is 29.7 Å². The highest BCUT2D eigenvalue weighted by atomic mass is 16.4. The number of hydrogen-bond acceptors (Lipinski definition) is 7. The highest BCUT2D eigenvalue weighted by Gasteiger charge is 2.31. The summed E-state index contributed by atoms with van der Waals surface area (Å²) < 4.78 is 0. The molecule has 0 aliphatic rings. The van der Waals surface area contributed by atoms with E-state index in [0.717, 1.165) is 5.56 Å². The second kappa shape index (κ2) is 17.7. The maximum atomic E-state index is 13.4. The number of amides is 3. The van der Waals surface area contributed by atoms with Gasteiger partial charge >= 0.3 is 5.97 Å². The molecular formula is C26H44N8O5. The van der Waals surface area contributed by atoms with Crippen LogP contribution in [0, 0.1) is 5.92 Å². The molecular weight excluding hydrogens is 504 g/mol. The van der Waals surface area contributed by atoms with Gasteiger partial charge in [-0.05, 0) is 50.1 Å². The van der Waals surface area contributed by atoms with E-state index in [9.17, 15) is 24.3 Å². The number of hydrogen-bond donors (Lipinski definition) is 8. The van der Waals surface area contributed by atoms with Gasteiger partial charge in [-0.3, -0.25) is 19.4 Å². The number of aliphatic imine (C=N–C) groups is 1. The number of unbranched alkanes of at least 4 members (excludes halogenated alkanes) is 1. The topological polar surface area (TPSA) is 241 Å². The van der Waals surface area contributed by atoms with Crippen LogP contribution in [0.4, 0.5) is 0 Å². The van der Waals surface area contributed by atoms with Gasteiger partial charge in [0.05, 0.1) is 6.04 Å². The zero-order chi connectivity index (χ0) is 29.4. The Bertz CT molecular complexity index is 953. The maximum absolute atomic E-state index is 13.4. The monoisotopic (exact) mass is 548 g/mol. The molecule has 0 radical (unpaired) electrons. The number of rotatable bonds is 18. The van der Waals surface area contributed by atoms with Gasteiger partial charge in [-0.15, -0.1) is 0 Å². The fourth-order valence-electron chi connectivity index (χ4n) is 3.79. The van der Waals surface area contributed by atoms with Gasteiger partial charge < -0.3 is 44.0 Å². The van der Waals surface area contributed by atoms with E-state index in [4.69, 9.17) is 22.9 Å². The Balaban J connectivity index is 3.05. The lowest BCUT2D eigenvalue weighted by atomic mass is 10.0. The zero-order valence-electron chi connectivity index (χ0n) is 22.8. The van der Waals surface area contributed by atoms with Gasteiger partial charge in [0.2, 0.25) is 17.7 Å². The molecule has 1 aromatic rings. The molecule has 39 heavy (non-hydrogen) atoms. The van der Waals surface area contributed by atoms with Gasteiger partial charge in [-0.2, -0.15) is 0 Å². The summed E-state index contributed by atoms with van der Waals surface area (Å²) in [5.41, 5.74) is 23.0. The molecule has 0 aliphatic carbocycles. The van der Waals surface area contributed by atoms with Gasteiger partial charge in [0, 0.05) is 13.0 Å². The molecule has 0 heterocycles. The minimum atomic E-state index is -1.17. The van der Waals surface area contributed by atoms with Crippen LogP contribution < -0.4 is 38.9 Å². The lowest BCUT2D eigenvalue weighted by molar-refractivity contribution is -0.143. The van der Waals surface area contributed by atoms with Crippen LogP contribution in [0.25, 0.3) is 0 Å². The lowest BCUT2D eigenvalue weighted by Gasteiger charge is -2.26. The van der Waals surface area contributed by atoms with Crippen molar-refractivity contribution in [3.63, 3.8) is 0 Å². The predicted molar refractivity (Wildman–Crippen MR) is 149 cm³/mol. The van der Waals surface area contributed by atoms with Crippen LogP contribution in [0.3, 0.4) is 0 Å². The van der Waals surface area contributed by atoms with Gasteiger partial charge in [0.1, 0.15) is 18.1 Å². The molecule has 12 N–H and O–H groups in total. The lowest BCUT2D eigenvalue weighted by Crippen LogP contribution is -2.58. The first-order valence-electron chi connectivity index (χ1n) is 13.1. The fourth-order valence-corrected chi connectivity index (χ4v) is 3.79. The molecule has 0 bridgehead atoms. The molecule has 0 aliphatic heterocycles. The number of nitrogens with zero attached hydrogens (tertiary/aromatic N) is 1. The largest absolute Gasteiger partial charge is 0.480 e. The second-order valence-electron chi connectivity index (χ2n) is 9.72. The van der Waals surface area contributed by atoms with Gasteiger partial charge in [0.25, 0.3) is 0 Å². The number of carbonyl (C=O) groups excluding carboxylic acids is 3. The molecule has 1 aromatic carbocycles. The molecule has 0 saturated heterocycles. The fraction of sp³-hybridized carbons (Fsp3) is 0.577. The Kier molecular flexibility index (Phi) is 15.2. The SMILES string of the molecule is CC(C)C(NC(=O)C(CCCCN)NC(=O)C(Cc1ccccc1)NC(=O)C(N)CCCN=C(N)N)C(=O)O. The van der Waals surface area contributed by atoms with Crippen molar-refractivity contribution in [1.82, 2.24) is 16.0 Å². The van der Waals surface area contributed by atoms with Crippen LogP contribution in [0.1, 0.15) is 51.5 Å². The number of nitrogens with one attached hydrogen (secondary N) is 3. The number of carbonyl (C=O) groups is 4. The molecule has 0 fully saturated rings. The van der Waals surface area contributed by atoms with Gasteiger partial charge in [-0.1, -0.05) is 44.2 Å². The molecule has 13 heteroatoms. The third kappa shape index (κ3) is 13.1. The Morgan fingerprint density at radius 3 is 2.05 bits per heavy atom. The molecule has 218 valence electrons. The van der Waals surface area contributed by atoms with Gasteiger partial charge in [0.15, 0.2) is 5.96 Å². The van der Waals surface area contributed by atoms with E-state index < -0.39 is 47.9 Å². The smallest absolute Gasteiger partial charge is 0.326 e. The molecule has 0 spiro atoms. The highest BCUT2D eigenvalue weighted by molar-refractivity contribution is 5.94. The Labute approximate surface area is 229 Å². The van der Waals surface area contributed by atoms with Crippen molar-refractivity contribution in [1.29, 1.82) is 0 Å². The minimum Gasteiger partial charge on any atom is -0.480 e. The normalized spacial score (nSPS) is 14.0. The molecule has 1 rings (SSSR count). The van der Waals surface area contributed by atoms with Crippen LogP contribution in [-0.2, 0) is 25.6 Å². The predicted octanol–water partition coefficient (Wildman–Crippen LogP) is -1.07. The summed E-state index contributed by atoms with van der Waals surface area (Å²) in [5.74, 6) is -3.35. The molecule has 3 amide bonds. The van der Waals surface area contributed by atoms with Crippen LogP contribution in [0.5, 0.6) is 0 Å². The Morgan fingerprint density at radius 1 is 0.872 bits per heavy atom. The van der Waals surface area contributed by atoms with Crippen molar-refractivity contribution < 1.29 is 24.3 Å². The summed E-state index contributed by atoms with van der Waals surface area (Å²) in [5, 5.41) is 17.4. The van der Waals surface area contributed by atoms with Crippen molar-refractivity contribution in [2.75, 3.05) is 13.1 Å². The van der Waals surface area contributed by atoms with E-state index in [0.29, 0.717) is 32.4 Å². The number of carboxylic acid groups (broad SMARTS) is 1. The van der Waals surface area contributed by atoms with E-state index in [2.05, 4.69) is 20.9 Å². The van der Waals surface area contributed by atoms with Crippen LogP contribution in [-0.4, -0.2) is 72.0 Å². The van der Waals surface area contributed by atoms with Crippen molar-refractivity contribution in [2.24, 2.45) is 33.8 Å². The average molecular weight is 549 g/mol. The van der Waals surface area contributed by atoms with Crippen molar-refractivity contribution in [3.05, 3.63) is 35.9 Å².